The molecule has 0 saturated carbocycles. The zero-order chi connectivity index (χ0) is 16.2. The molecule has 0 aliphatic rings. The van der Waals surface area contributed by atoms with E-state index in [9.17, 15) is 13.2 Å². The predicted molar refractivity (Wildman–Crippen MR) is 85.1 cm³/mol. The van der Waals surface area contributed by atoms with Crippen LogP contribution in [0, 0.1) is 6.92 Å². The Morgan fingerprint density at radius 2 is 1.73 bits per heavy atom. The van der Waals surface area contributed by atoms with Gasteiger partial charge in [-0.1, -0.05) is 36.4 Å². The Labute approximate surface area is 129 Å². The van der Waals surface area contributed by atoms with Gasteiger partial charge in [0.2, 0.25) is 0 Å². The number of benzene rings is 2. The van der Waals surface area contributed by atoms with E-state index >= 15 is 0 Å². The lowest BCUT2D eigenvalue weighted by Crippen LogP contribution is -2.14. The number of hydrogen-bond acceptors (Lipinski definition) is 3. The summed E-state index contributed by atoms with van der Waals surface area (Å²) >= 11 is 0. The molecule has 0 saturated heterocycles. The van der Waals surface area contributed by atoms with Crippen molar-refractivity contribution in [3.05, 3.63) is 65.7 Å². The van der Waals surface area contributed by atoms with Gasteiger partial charge in [-0.15, -0.1) is 0 Å². The minimum atomic E-state index is -3.81. The van der Waals surface area contributed by atoms with Gasteiger partial charge in [-0.2, -0.15) is 0 Å². The Morgan fingerprint density at radius 1 is 1.09 bits per heavy atom. The zero-order valence-electron chi connectivity index (χ0n) is 11.9. The maximum Gasteiger partial charge on any atom is 0.328 e. The fourth-order valence-corrected chi connectivity index (χ4v) is 3.24. The third-order valence-corrected chi connectivity index (χ3v) is 4.44. The van der Waals surface area contributed by atoms with Crippen molar-refractivity contribution in [3.8, 4) is 0 Å². The summed E-state index contributed by atoms with van der Waals surface area (Å²) in [6, 6.07) is 13.2. The highest BCUT2D eigenvalue weighted by Crippen LogP contribution is 2.22. The molecule has 0 aromatic heterocycles. The first-order valence-electron chi connectivity index (χ1n) is 6.48. The number of carboxylic acids is 1. The van der Waals surface area contributed by atoms with Crippen LogP contribution in [0.4, 0.5) is 5.69 Å². The average Bonchev–Trinajstić information content (AvgIpc) is 2.47. The number of aliphatic carboxylic acids is 1. The topological polar surface area (TPSA) is 83.5 Å². The lowest BCUT2D eigenvalue weighted by atomic mass is 10.2. The van der Waals surface area contributed by atoms with Crippen molar-refractivity contribution in [2.45, 2.75) is 11.8 Å². The van der Waals surface area contributed by atoms with Crippen LogP contribution in [-0.4, -0.2) is 19.5 Å². The molecular formula is C16H15NO4S. The van der Waals surface area contributed by atoms with Gasteiger partial charge >= 0.3 is 5.97 Å². The highest BCUT2D eigenvalue weighted by Gasteiger charge is 2.17. The molecule has 0 atom stereocenters. The van der Waals surface area contributed by atoms with Crippen LogP contribution in [0.2, 0.25) is 0 Å². The number of aryl methyl sites for hydroxylation is 1. The molecule has 22 heavy (non-hydrogen) atoms. The summed E-state index contributed by atoms with van der Waals surface area (Å²) in [5.41, 5.74) is 1.59. The largest absolute Gasteiger partial charge is 0.478 e. The van der Waals surface area contributed by atoms with Gasteiger partial charge < -0.3 is 5.11 Å². The van der Waals surface area contributed by atoms with Gasteiger partial charge in [0.05, 0.1) is 10.6 Å². The highest BCUT2D eigenvalue weighted by atomic mass is 32.2. The van der Waals surface area contributed by atoms with Crippen LogP contribution in [0.3, 0.4) is 0 Å². The molecule has 0 amide bonds. The van der Waals surface area contributed by atoms with E-state index in [1.165, 1.54) is 12.1 Å². The fourth-order valence-electron chi connectivity index (χ4n) is 1.91. The van der Waals surface area contributed by atoms with Crippen LogP contribution in [0.1, 0.15) is 11.1 Å². The smallest absolute Gasteiger partial charge is 0.328 e. The molecule has 5 nitrogen and oxygen atoms in total. The summed E-state index contributed by atoms with van der Waals surface area (Å²) in [6.45, 7) is 1.80. The molecular weight excluding hydrogens is 302 g/mol. The van der Waals surface area contributed by atoms with Gasteiger partial charge in [-0.25, -0.2) is 13.2 Å². The summed E-state index contributed by atoms with van der Waals surface area (Å²) in [7, 11) is -3.81. The van der Waals surface area contributed by atoms with Crippen molar-refractivity contribution in [1.82, 2.24) is 0 Å². The van der Waals surface area contributed by atoms with Crippen molar-refractivity contribution in [3.63, 3.8) is 0 Å². The minimum absolute atomic E-state index is 0.0238. The van der Waals surface area contributed by atoms with E-state index in [2.05, 4.69) is 4.72 Å². The van der Waals surface area contributed by atoms with E-state index in [-0.39, 0.29) is 4.90 Å². The number of anilines is 1. The van der Waals surface area contributed by atoms with E-state index in [0.717, 1.165) is 11.6 Å². The van der Waals surface area contributed by atoms with Gasteiger partial charge in [-0.3, -0.25) is 4.72 Å². The van der Waals surface area contributed by atoms with Crippen LogP contribution >= 0.6 is 0 Å². The van der Waals surface area contributed by atoms with Gasteiger partial charge in [0, 0.05) is 6.08 Å². The van der Waals surface area contributed by atoms with E-state index < -0.39 is 16.0 Å². The van der Waals surface area contributed by atoms with Crippen molar-refractivity contribution in [2.24, 2.45) is 0 Å². The number of nitrogens with one attached hydrogen (secondary N) is 1. The summed E-state index contributed by atoms with van der Waals surface area (Å²) in [5, 5.41) is 8.69. The second-order valence-corrected chi connectivity index (χ2v) is 6.28. The molecule has 0 spiro atoms. The van der Waals surface area contributed by atoms with Crippen molar-refractivity contribution >= 4 is 27.8 Å². The number of carbonyl (C=O) groups is 1. The van der Waals surface area contributed by atoms with Crippen LogP contribution in [0.5, 0.6) is 0 Å². The number of para-hydroxylation sites is 1. The SMILES string of the molecule is Cc1ccccc1NS(=O)(=O)c1ccccc1C=CC(=O)O. The van der Waals surface area contributed by atoms with Crippen LogP contribution in [0.25, 0.3) is 6.08 Å². The average molecular weight is 317 g/mol. The van der Waals surface area contributed by atoms with E-state index in [1.807, 2.05) is 6.07 Å². The van der Waals surface area contributed by atoms with Gasteiger partial charge in [0.1, 0.15) is 0 Å². The van der Waals surface area contributed by atoms with Crippen LogP contribution in [-0.2, 0) is 14.8 Å². The number of hydrogen-bond donors (Lipinski definition) is 2. The molecule has 2 aromatic carbocycles. The van der Waals surface area contributed by atoms with Gasteiger partial charge in [-0.05, 0) is 36.3 Å². The standard InChI is InChI=1S/C16H15NO4S/c1-12-6-2-4-8-14(12)17-22(20,21)15-9-5-3-7-13(15)10-11-16(18)19/h2-11,17H,1H3,(H,18,19). The molecule has 2 aromatic rings. The van der Waals surface area contributed by atoms with Gasteiger partial charge in [0.25, 0.3) is 10.0 Å². The van der Waals surface area contributed by atoms with Gasteiger partial charge in [0.15, 0.2) is 0 Å². The lowest BCUT2D eigenvalue weighted by Gasteiger charge is -2.12. The number of rotatable bonds is 5. The highest BCUT2D eigenvalue weighted by molar-refractivity contribution is 7.92. The first kappa shape index (κ1) is 15.8. The third kappa shape index (κ3) is 3.73. The first-order valence-corrected chi connectivity index (χ1v) is 7.97. The summed E-state index contributed by atoms with van der Waals surface area (Å²) < 4.78 is 27.6. The lowest BCUT2D eigenvalue weighted by molar-refractivity contribution is -0.131. The Kier molecular flexibility index (Phi) is 4.62. The van der Waals surface area contributed by atoms with Crippen molar-refractivity contribution in [1.29, 1.82) is 0 Å². The van der Waals surface area contributed by atoms with E-state index in [4.69, 9.17) is 5.11 Å². The maximum atomic E-state index is 12.5. The van der Waals surface area contributed by atoms with Crippen LogP contribution in [0.15, 0.2) is 59.5 Å². The van der Waals surface area contributed by atoms with E-state index in [1.54, 1.807) is 43.3 Å². The molecule has 0 radical (unpaired) electrons. The predicted octanol–water partition coefficient (Wildman–Crippen LogP) is 2.89. The second kappa shape index (κ2) is 6.44. The molecule has 0 fully saturated rings. The molecule has 0 aliphatic heterocycles. The van der Waals surface area contributed by atoms with E-state index in [0.29, 0.717) is 11.3 Å². The monoisotopic (exact) mass is 317 g/mol. The fraction of sp³-hybridized carbons (Fsp3) is 0.0625. The molecule has 114 valence electrons. The first-order chi connectivity index (χ1) is 10.4. The molecule has 2 N–H and O–H groups in total. The summed E-state index contributed by atoms with van der Waals surface area (Å²) in [5.74, 6) is -1.14. The third-order valence-electron chi connectivity index (χ3n) is 3.00. The molecule has 2 rings (SSSR count). The second-order valence-electron chi connectivity index (χ2n) is 4.63. The Bertz CT molecular complexity index is 826. The molecule has 0 bridgehead atoms. The number of carboxylic acid groups (broad SMARTS) is 1. The van der Waals surface area contributed by atoms with Crippen molar-refractivity contribution in [2.75, 3.05) is 4.72 Å². The molecule has 0 aliphatic carbocycles. The Balaban J connectivity index is 2.42. The quantitative estimate of drug-likeness (QED) is 0.831. The molecule has 0 unspecified atom stereocenters. The van der Waals surface area contributed by atoms with Crippen molar-refractivity contribution < 1.29 is 18.3 Å². The minimum Gasteiger partial charge on any atom is -0.478 e. The molecule has 0 heterocycles. The number of sulfonamides is 1. The zero-order valence-corrected chi connectivity index (χ0v) is 12.7. The summed E-state index contributed by atoms with van der Waals surface area (Å²) in [6.07, 6.45) is 2.16. The Morgan fingerprint density at radius 3 is 2.41 bits per heavy atom. The Hall–Kier alpha value is -2.60. The van der Waals surface area contributed by atoms with Crippen LogP contribution < -0.4 is 4.72 Å². The molecule has 6 heteroatoms. The summed E-state index contributed by atoms with van der Waals surface area (Å²) in [4.78, 5) is 10.6. The maximum absolute atomic E-state index is 12.5. The normalized spacial score (nSPS) is 11.5.